The van der Waals surface area contributed by atoms with Crippen molar-refractivity contribution >= 4 is 23.7 Å². The standard InChI is InChI=1S/C17H22ClNO4/c1-17(2,3)23-16(21)19-13(12-7-5-4-6-8-12)9-10-14(19)15(20)22-11-18/h4-8,13-14H,9-11H2,1-3H3. The first-order valence-electron chi connectivity index (χ1n) is 7.62. The zero-order valence-corrected chi connectivity index (χ0v) is 14.4. The molecule has 1 heterocycles. The molecule has 1 fully saturated rings. The molecule has 2 rings (SSSR count). The van der Waals surface area contributed by atoms with Gasteiger partial charge in [0.2, 0.25) is 0 Å². The van der Waals surface area contributed by atoms with E-state index < -0.39 is 23.7 Å². The third-order valence-corrected chi connectivity index (χ3v) is 3.75. The van der Waals surface area contributed by atoms with Crippen LogP contribution in [-0.4, -0.2) is 34.7 Å². The molecule has 5 nitrogen and oxygen atoms in total. The van der Waals surface area contributed by atoms with E-state index in [1.54, 1.807) is 20.8 Å². The maximum Gasteiger partial charge on any atom is 0.411 e. The highest BCUT2D eigenvalue weighted by molar-refractivity contribution is 6.17. The van der Waals surface area contributed by atoms with E-state index >= 15 is 0 Å². The molecule has 0 aliphatic carbocycles. The van der Waals surface area contributed by atoms with Gasteiger partial charge < -0.3 is 9.47 Å². The largest absolute Gasteiger partial charge is 0.448 e. The van der Waals surface area contributed by atoms with Gasteiger partial charge in [-0.05, 0) is 39.2 Å². The summed E-state index contributed by atoms with van der Waals surface area (Å²) in [5.74, 6) is -0.496. The second kappa shape index (κ2) is 7.21. The number of carbonyl (C=O) groups is 2. The molecule has 23 heavy (non-hydrogen) atoms. The van der Waals surface area contributed by atoms with E-state index in [0.29, 0.717) is 12.8 Å². The molecule has 0 radical (unpaired) electrons. The van der Waals surface area contributed by atoms with Crippen molar-refractivity contribution in [3.05, 3.63) is 35.9 Å². The molecule has 0 spiro atoms. The predicted octanol–water partition coefficient (Wildman–Crippen LogP) is 3.87. The van der Waals surface area contributed by atoms with E-state index in [9.17, 15) is 9.59 Å². The summed E-state index contributed by atoms with van der Waals surface area (Å²) in [6.45, 7) is 5.39. The summed E-state index contributed by atoms with van der Waals surface area (Å²) in [7, 11) is 0. The summed E-state index contributed by atoms with van der Waals surface area (Å²) in [6.07, 6.45) is 0.681. The van der Waals surface area contributed by atoms with Gasteiger partial charge in [-0.15, -0.1) is 0 Å². The molecule has 6 heteroatoms. The van der Waals surface area contributed by atoms with Crippen LogP contribution < -0.4 is 0 Å². The Labute approximate surface area is 141 Å². The maximum atomic E-state index is 12.6. The molecule has 1 aromatic rings. The van der Waals surface area contributed by atoms with E-state index in [1.807, 2.05) is 30.3 Å². The smallest absolute Gasteiger partial charge is 0.411 e. The molecule has 1 aliphatic heterocycles. The summed E-state index contributed by atoms with van der Waals surface area (Å²) >= 11 is 5.48. The lowest BCUT2D eigenvalue weighted by atomic mass is 10.1. The lowest BCUT2D eigenvalue weighted by Gasteiger charge is -2.31. The fraction of sp³-hybridized carbons (Fsp3) is 0.529. The molecule has 0 aromatic heterocycles. The molecule has 2 unspecified atom stereocenters. The van der Waals surface area contributed by atoms with Crippen LogP contribution in [0.1, 0.15) is 45.2 Å². The number of esters is 1. The Kier molecular flexibility index (Phi) is 5.52. The first kappa shape index (κ1) is 17.6. The van der Waals surface area contributed by atoms with Crippen molar-refractivity contribution < 1.29 is 19.1 Å². The highest BCUT2D eigenvalue weighted by Crippen LogP contribution is 2.37. The highest BCUT2D eigenvalue weighted by Gasteiger charge is 2.44. The summed E-state index contributed by atoms with van der Waals surface area (Å²) in [5, 5.41) is 0. The van der Waals surface area contributed by atoms with Crippen LogP contribution in [0.4, 0.5) is 4.79 Å². The van der Waals surface area contributed by atoms with Gasteiger partial charge in [0.25, 0.3) is 0 Å². The number of benzene rings is 1. The van der Waals surface area contributed by atoms with E-state index in [2.05, 4.69) is 0 Å². The SMILES string of the molecule is CC(C)(C)OC(=O)N1C(C(=O)OCCl)CCC1c1ccccc1. The van der Waals surface area contributed by atoms with E-state index in [1.165, 1.54) is 4.90 Å². The van der Waals surface area contributed by atoms with Gasteiger partial charge in [-0.25, -0.2) is 9.59 Å². The lowest BCUT2D eigenvalue weighted by Crippen LogP contribution is -2.45. The normalized spacial score (nSPS) is 21.1. The molecule has 0 saturated carbocycles. The summed E-state index contributed by atoms with van der Waals surface area (Å²) < 4.78 is 10.4. The summed E-state index contributed by atoms with van der Waals surface area (Å²) in [4.78, 5) is 26.3. The van der Waals surface area contributed by atoms with Crippen LogP contribution in [0.5, 0.6) is 0 Å². The van der Waals surface area contributed by atoms with Crippen LogP contribution >= 0.6 is 11.6 Å². The van der Waals surface area contributed by atoms with Gasteiger partial charge in [0.15, 0.2) is 6.07 Å². The molecule has 0 bridgehead atoms. The van der Waals surface area contributed by atoms with Crippen LogP contribution in [0.15, 0.2) is 30.3 Å². The Morgan fingerprint density at radius 1 is 1.22 bits per heavy atom. The van der Waals surface area contributed by atoms with Crippen molar-refractivity contribution in [3.63, 3.8) is 0 Å². The fourth-order valence-corrected chi connectivity index (χ4v) is 2.87. The first-order valence-corrected chi connectivity index (χ1v) is 8.16. The minimum absolute atomic E-state index is 0.209. The number of rotatable bonds is 3. The number of nitrogens with zero attached hydrogens (tertiary/aromatic N) is 1. The number of hydrogen-bond acceptors (Lipinski definition) is 4. The van der Waals surface area contributed by atoms with Crippen molar-refractivity contribution in [1.82, 2.24) is 4.90 Å². The van der Waals surface area contributed by atoms with Crippen LogP contribution in [0.2, 0.25) is 0 Å². The highest BCUT2D eigenvalue weighted by atomic mass is 35.5. The minimum Gasteiger partial charge on any atom is -0.448 e. The minimum atomic E-state index is -0.672. The van der Waals surface area contributed by atoms with Gasteiger partial charge in [0.1, 0.15) is 11.6 Å². The number of likely N-dealkylation sites (tertiary alicyclic amines) is 1. The first-order chi connectivity index (χ1) is 10.8. The zero-order valence-electron chi connectivity index (χ0n) is 13.6. The molecule has 1 saturated heterocycles. The molecule has 1 aromatic carbocycles. The maximum absolute atomic E-state index is 12.6. The summed E-state index contributed by atoms with van der Waals surface area (Å²) in [6, 6.07) is 8.50. The van der Waals surface area contributed by atoms with E-state index in [0.717, 1.165) is 5.56 Å². The van der Waals surface area contributed by atoms with Gasteiger partial charge >= 0.3 is 12.1 Å². The van der Waals surface area contributed by atoms with Crippen LogP contribution in [0, 0.1) is 0 Å². The zero-order chi connectivity index (χ0) is 17.0. The number of hydrogen-bond donors (Lipinski definition) is 0. The fourth-order valence-electron chi connectivity index (χ4n) is 2.76. The van der Waals surface area contributed by atoms with Gasteiger partial charge in [-0.3, -0.25) is 4.90 Å². The topological polar surface area (TPSA) is 55.8 Å². The number of amides is 1. The quantitative estimate of drug-likeness (QED) is 0.619. The second-order valence-corrected chi connectivity index (χ2v) is 6.70. The molecule has 126 valence electrons. The van der Waals surface area contributed by atoms with Crippen molar-refractivity contribution in [3.8, 4) is 0 Å². The predicted molar refractivity (Wildman–Crippen MR) is 87.1 cm³/mol. The Morgan fingerprint density at radius 3 is 2.43 bits per heavy atom. The second-order valence-electron chi connectivity index (χ2n) is 6.48. The summed E-state index contributed by atoms with van der Waals surface area (Å²) in [5.41, 5.74) is 0.335. The lowest BCUT2D eigenvalue weighted by molar-refractivity contribution is -0.147. The Hall–Kier alpha value is -1.75. The van der Waals surface area contributed by atoms with Gasteiger partial charge in [-0.1, -0.05) is 41.9 Å². The molecule has 2 atom stereocenters. The van der Waals surface area contributed by atoms with Gasteiger partial charge in [-0.2, -0.15) is 0 Å². The monoisotopic (exact) mass is 339 g/mol. The van der Waals surface area contributed by atoms with Crippen LogP contribution in [0.25, 0.3) is 0 Å². The van der Waals surface area contributed by atoms with E-state index in [4.69, 9.17) is 21.1 Å². The van der Waals surface area contributed by atoms with Crippen LogP contribution in [0.3, 0.4) is 0 Å². The van der Waals surface area contributed by atoms with E-state index in [-0.39, 0.29) is 12.1 Å². The molecule has 1 aliphatic rings. The molecular formula is C17H22ClNO4. The molecular weight excluding hydrogens is 318 g/mol. The number of carbonyl (C=O) groups excluding carboxylic acids is 2. The van der Waals surface area contributed by atoms with Crippen molar-refractivity contribution in [1.29, 1.82) is 0 Å². The Morgan fingerprint density at radius 2 is 1.87 bits per heavy atom. The van der Waals surface area contributed by atoms with Gasteiger partial charge in [0, 0.05) is 0 Å². The molecule has 0 N–H and O–H groups in total. The van der Waals surface area contributed by atoms with Crippen molar-refractivity contribution in [2.45, 2.75) is 51.3 Å². The Bertz CT molecular complexity index is 555. The van der Waals surface area contributed by atoms with Crippen LogP contribution in [-0.2, 0) is 14.3 Å². The average molecular weight is 340 g/mol. The Balaban J connectivity index is 2.28. The number of ether oxygens (including phenoxy) is 2. The third-order valence-electron chi connectivity index (χ3n) is 3.64. The van der Waals surface area contributed by atoms with Crippen molar-refractivity contribution in [2.75, 3.05) is 6.07 Å². The van der Waals surface area contributed by atoms with Gasteiger partial charge in [0.05, 0.1) is 6.04 Å². The number of alkyl halides is 1. The average Bonchev–Trinajstić information content (AvgIpc) is 2.91. The number of halogens is 1. The third kappa shape index (κ3) is 4.38. The van der Waals surface area contributed by atoms with Crippen molar-refractivity contribution in [2.24, 2.45) is 0 Å². The molecule has 1 amide bonds.